The number of para-hydroxylation sites is 1. The Morgan fingerprint density at radius 2 is 1.95 bits per heavy atom. The predicted molar refractivity (Wildman–Crippen MR) is 79.6 cm³/mol. The number of ether oxygens (including phenoxy) is 1. The van der Waals surface area contributed by atoms with Crippen LogP contribution in [0.5, 0.6) is 5.75 Å². The van der Waals surface area contributed by atoms with E-state index in [1.54, 1.807) is 25.2 Å². The van der Waals surface area contributed by atoms with Gasteiger partial charge in [-0.15, -0.1) is 13.2 Å². The van der Waals surface area contributed by atoms with E-state index < -0.39 is 6.36 Å². The van der Waals surface area contributed by atoms with Crippen LogP contribution in [0.1, 0.15) is 30.9 Å². The summed E-state index contributed by atoms with van der Waals surface area (Å²) >= 11 is 1.95. The fraction of sp³-hybridized carbons (Fsp3) is 0.600. The van der Waals surface area contributed by atoms with Gasteiger partial charge in [-0.05, 0) is 49.8 Å². The zero-order valence-electron chi connectivity index (χ0n) is 12.0. The highest BCUT2D eigenvalue weighted by atomic mass is 32.2. The normalized spacial score (nSPS) is 18.5. The van der Waals surface area contributed by atoms with Crippen LogP contribution in [0.3, 0.4) is 0 Å². The zero-order chi connectivity index (χ0) is 15.3. The Labute approximate surface area is 127 Å². The third-order valence-corrected chi connectivity index (χ3v) is 4.83. The van der Waals surface area contributed by atoms with Gasteiger partial charge in [0, 0.05) is 11.6 Å². The number of alkyl halides is 3. The summed E-state index contributed by atoms with van der Waals surface area (Å²) in [5.41, 5.74) is 0.579. The number of thioether (sulfide) groups is 1. The Balaban J connectivity index is 2.13. The fourth-order valence-corrected chi connectivity index (χ4v) is 3.91. The van der Waals surface area contributed by atoms with Gasteiger partial charge >= 0.3 is 6.36 Å². The van der Waals surface area contributed by atoms with Crippen molar-refractivity contribution < 1.29 is 17.9 Å². The third-order valence-electron chi connectivity index (χ3n) is 3.78. The molecular weight excluding hydrogens is 299 g/mol. The summed E-state index contributed by atoms with van der Waals surface area (Å²) in [5.74, 6) is 2.74. The predicted octanol–water partition coefficient (Wildman–Crippen LogP) is 4.38. The maximum atomic E-state index is 12.5. The molecule has 21 heavy (non-hydrogen) atoms. The van der Waals surface area contributed by atoms with Crippen molar-refractivity contribution in [3.63, 3.8) is 0 Å². The van der Waals surface area contributed by atoms with Crippen LogP contribution in [0.15, 0.2) is 24.3 Å². The largest absolute Gasteiger partial charge is 0.573 e. The molecule has 1 N–H and O–H groups in total. The highest BCUT2D eigenvalue weighted by molar-refractivity contribution is 7.99. The van der Waals surface area contributed by atoms with E-state index in [-0.39, 0.29) is 11.8 Å². The maximum Gasteiger partial charge on any atom is 0.573 e. The lowest BCUT2D eigenvalue weighted by molar-refractivity contribution is -0.275. The minimum atomic E-state index is -4.66. The second-order valence-electron chi connectivity index (χ2n) is 5.22. The summed E-state index contributed by atoms with van der Waals surface area (Å²) < 4.78 is 41.7. The fourth-order valence-electron chi connectivity index (χ4n) is 2.70. The molecule has 1 atom stereocenters. The molecule has 0 aromatic heterocycles. The van der Waals surface area contributed by atoms with Crippen LogP contribution in [0.2, 0.25) is 0 Å². The molecule has 2 nitrogen and oxygen atoms in total. The van der Waals surface area contributed by atoms with E-state index in [0.717, 1.165) is 30.8 Å². The molecule has 1 aliphatic heterocycles. The van der Waals surface area contributed by atoms with Crippen molar-refractivity contribution in [3.8, 4) is 5.75 Å². The van der Waals surface area contributed by atoms with E-state index in [1.165, 1.54) is 6.07 Å². The molecule has 1 aromatic carbocycles. The molecular formula is C15H20F3NOS. The van der Waals surface area contributed by atoms with E-state index in [9.17, 15) is 13.2 Å². The topological polar surface area (TPSA) is 21.3 Å². The van der Waals surface area contributed by atoms with Gasteiger partial charge in [-0.25, -0.2) is 0 Å². The molecule has 1 fully saturated rings. The standard InChI is InChI=1S/C15H20F3NOS/c1-19-13(10-11-6-8-21-9-7-11)12-4-2-3-5-14(12)20-15(16,17)18/h2-5,11,13,19H,6-10H2,1H3. The van der Waals surface area contributed by atoms with E-state index in [0.29, 0.717) is 11.5 Å². The van der Waals surface area contributed by atoms with Gasteiger partial charge in [0.1, 0.15) is 5.75 Å². The molecule has 1 unspecified atom stereocenters. The van der Waals surface area contributed by atoms with Crippen LogP contribution < -0.4 is 10.1 Å². The number of rotatable bonds is 5. The lowest BCUT2D eigenvalue weighted by Crippen LogP contribution is -2.24. The van der Waals surface area contributed by atoms with Crippen LogP contribution in [-0.2, 0) is 0 Å². The van der Waals surface area contributed by atoms with Gasteiger partial charge in [0.15, 0.2) is 0 Å². The van der Waals surface area contributed by atoms with Crippen LogP contribution in [-0.4, -0.2) is 24.9 Å². The van der Waals surface area contributed by atoms with E-state index in [2.05, 4.69) is 10.1 Å². The first kappa shape index (κ1) is 16.5. The second-order valence-corrected chi connectivity index (χ2v) is 6.44. The minimum Gasteiger partial charge on any atom is -0.405 e. The second kappa shape index (κ2) is 7.40. The molecule has 1 aromatic rings. The van der Waals surface area contributed by atoms with Gasteiger partial charge in [-0.3, -0.25) is 0 Å². The lowest BCUT2D eigenvalue weighted by atomic mass is 9.90. The van der Waals surface area contributed by atoms with Gasteiger partial charge in [0.05, 0.1) is 0 Å². The first-order chi connectivity index (χ1) is 9.99. The van der Waals surface area contributed by atoms with E-state index in [1.807, 2.05) is 11.8 Å². The molecule has 1 heterocycles. The minimum absolute atomic E-state index is 0.102. The Bertz CT molecular complexity index is 447. The van der Waals surface area contributed by atoms with E-state index in [4.69, 9.17) is 0 Å². The molecule has 118 valence electrons. The first-order valence-corrected chi connectivity index (χ1v) is 8.24. The van der Waals surface area contributed by atoms with Crippen LogP contribution in [0.25, 0.3) is 0 Å². The molecule has 0 spiro atoms. The summed E-state index contributed by atoms with van der Waals surface area (Å²) in [6.07, 6.45) is -1.55. The van der Waals surface area contributed by atoms with Crippen molar-refractivity contribution in [3.05, 3.63) is 29.8 Å². The summed E-state index contributed by atoms with van der Waals surface area (Å²) in [7, 11) is 1.78. The van der Waals surface area contributed by atoms with Crippen LogP contribution >= 0.6 is 11.8 Å². The summed E-state index contributed by atoms with van der Waals surface area (Å²) in [5, 5.41) is 3.14. The van der Waals surface area contributed by atoms with Crippen molar-refractivity contribution in [2.24, 2.45) is 5.92 Å². The van der Waals surface area contributed by atoms with Gasteiger partial charge in [-0.2, -0.15) is 11.8 Å². The summed E-state index contributed by atoms with van der Waals surface area (Å²) in [6.45, 7) is 0. The average Bonchev–Trinajstić information content (AvgIpc) is 2.45. The summed E-state index contributed by atoms with van der Waals surface area (Å²) in [4.78, 5) is 0. The Hall–Kier alpha value is -0.880. The highest BCUT2D eigenvalue weighted by Gasteiger charge is 2.33. The number of benzene rings is 1. The monoisotopic (exact) mass is 319 g/mol. The quantitative estimate of drug-likeness (QED) is 0.870. The van der Waals surface area contributed by atoms with Crippen molar-refractivity contribution >= 4 is 11.8 Å². The van der Waals surface area contributed by atoms with Crippen molar-refractivity contribution in [2.75, 3.05) is 18.6 Å². The highest BCUT2D eigenvalue weighted by Crippen LogP contribution is 2.35. The molecule has 6 heteroatoms. The summed E-state index contributed by atoms with van der Waals surface area (Å²) in [6, 6.07) is 6.29. The molecule has 0 radical (unpaired) electrons. The lowest BCUT2D eigenvalue weighted by Gasteiger charge is -2.27. The van der Waals surface area contributed by atoms with Crippen LogP contribution in [0.4, 0.5) is 13.2 Å². The zero-order valence-corrected chi connectivity index (χ0v) is 12.8. The maximum absolute atomic E-state index is 12.5. The molecule has 0 bridgehead atoms. The molecule has 1 saturated heterocycles. The Morgan fingerprint density at radius 1 is 1.29 bits per heavy atom. The Morgan fingerprint density at radius 3 is 2.57 bits per heavy atom. The molecule has 0 amide bonds. The molecule has 1 aliphatic rings. The van der Waals surface area contributed by atoms with Gasteiger partial charge in [-0.1, -0.05) is 18.2 Å². The first-order valence-electron chi connectivity index (χ1n) is 7.09. The smallest absolute Gasteiger partial charge is 0.405 e. The number of hydrogen-bond donors (Lipinski definition) is 1. The number of halogens is 3. The molecule has 0 saturated carbocycles. The Kier molecular flexibility index (Phi) is 5.81. The van der Waals surface area contributed by atoms with Crippen molar-refractivity contribution in [1.29, 1.82) is 0 Å². The average molecular weight is 319 g/mol. The number of hydrogen-bond acceptors (Lipinski definition) is 3. The SMILES string of the molecule is CNC(CC1CCSCC1)c1ccccc1OC(F)(F)F. The van der Waals surface area contributed by atoms with Gasteiger partial charge in [0.2, 0.25) is 0 Å². The van der Waals surface area contributed by atoms with E-state index >= 15 is 0 Å². The third kappa shape index (κ3) is 5.11. The van der Waals surface area contributed by atoms with Crippen LogP contribution in [0, 0.1) is 5.92 Å². The van der Waals surface area contributed by atoms with Crippen molar-refractivity contribution in [1.82, 2.24) is 5.32 Å². The molecule has 0 aliphatic carbocycles. The van der Waals surface area contributed by atoms with Gasteiger partial charge < -0.3 is 10.1 Å². The van der Waals surface area contributed by atoms with Gasteiger partial charge in [0.25, 0.3) is 0 Å². The number of nitrogens with one attached hydrogen (secondary N) is 1. The molecule has 2 rings (SSSR count). The van der Waals surface area contributed by atoms with Crippen molar-refractivity contribution in [2.45, 2.75) is 31.7 Å².